The van der Waals surface area contributed by atoms with E-state index in [1.54, 1.807) is 24.4 Å². The van der Waals surface area contributed by atoms with Gasteiger partial charge in [-0.05, 0) is 38.8 Å². The van der Waals surface area contributed by atoms with Crippen molar-refractivity contribution in [2.45, 2.75) is 32.7 Å². The summed E-state index contributed by atoms with van der Waals surface area (Å²) >= 11 is 1.25. The molecule has 5 rings (SSSR count). The van der Waals surface area contributed by atoms with E-state index in [0.717, 1.165) is 25.9 Å². The van der Waals surface area contributed by atoms with Crippen LogP contribution in [0.15, 0.2) is 30.5 Å². The van der Waals surface area contributed by atoms with Crippen molar-refractivity contribution in [2.75, 3.05) is 50.9 Å². The molecule has 0 radical (unpaired) electrons. The van der Waals surface area contributed by atoms with E-state index in [1.807, 2.05) is 10.2 Å². The highest BCUT2D eigenvalue weighted by Gasteiger charge is 2.30. The van der Waals surface area contributed by atoms with Gasteiger partial charge in [0.1, 0.15) is 9.88 Å². The summed E-state index contributed by atoms with van der Waals surface area (Å²) in [6, 6.07) is 7.09. The van der Waals surface area contributed by atoms with E-state index in [1.165, 1.54) is 24.5 Å². The maximum absolute atomic E-state index is 13.3. The van der Waals surface area contributed by atoms with Crippen LogP contribution in [0.25, 0.3) is 10.6 Å². The van der Waals surface area contributed by atoms with Crippen LogP contribution in [0.1, 0.15) is 51.0 Å². The average molecular weight is 582 g/mol. The second-order valence-electron chi connectivity index (χ2n) is 10.2. The number of nitrogens with one attached hydrogen (secondary N) is 3. The standard InChI is InChI=1S/C28H34N8O4S/c1-16(2)35-10-12-36(13-11-35)28(39)21-15-30-27(41-21)18-6-5-7-19(24(18)40-4)31-20-14-22(32-25(37)17-8-9-17)33-34-23(20)26(38)29-3/h5-7,14-17H,8-13H2,1-4H3,(H,29,38)(H2,31,32,33,37)/i3D3. The van der Waals surface area contributed by atoms with Crippen LogP contribution in [-0.4, -0.2) is 89.0 Å². The highest BCUT2D eigenvalue weighted by molar-refractivity contribution is 7.17. The van der Waals surface area contributed by atoms with Gasteiger partial charge >= 0.3 is 0 Å². The van der Waals surface area contributed by atoms with Gasteiger partial charge in [-0.2, -0.15) is 0 Å². The number of carbonyl (C=O) groups is 3. The lowest BCUT2D eigenvalue weighted by atomic mass is 10.1. The molecule has 3 N–H and O–H groups in total. The molecule has 1 aromatic carbocycles. The first kappa shape index (κ1) is 24.7. The molecule has 0 atom stereocenters. The number of piperazine rings is 1. The van der Waals surface area contributed by atoms with Gasteiger partial charge in [0.05, 0.1) is 30.2 Å². The minimum Gasteiger partial charge on any atom is -0.494 e. The lowest BCUT2D eigenvalue weighted by Gasteiger charge is -2.36. The maximum atomic E-state index is 13.3. The summed E-state index contributed by atoms with van der Waals surface area (Å²) in [5.74, 6) is -0.883. The zero-order chi connectivity index (χ0) is 31.6. The van der Waals surface area contributed by atoms with E-state index in [0.29, 0.717) is 46.0 Å². The third-order valence-electron chi connectivity index (χ3n) is 7.09. The minimum atomic E-state index is -2.76. The van der Waals surface area contributed by atoms with E-state index >= 15 is 0 Å². The van der Waals surface area contributed by atoms with Crippen LogP contribution in [0.5, 0.6) is 5.75 Å². The van der Waals surface area contributed by atoms with Crippen LogP contribution in [0.3, 0.4) is 0 Å². The van der Waals surface area contributed by atoms with E-state index in [4.69, 9.17) is 8.85 Å². The number of anilines is 3. The summed E-state index contributed by atoms with van der Waals surface area (Å²) in [5.41, 5.74) is 0.814. The third-order valence-corrected chi connectivity index (χ3v) is 8.11. The monoisotopic (exact) mass is 581 g/mol. The number of thiazole rings is 1. The van der Waals surface area contributed by atoms with Crippen molar-refractivity contribution in [3.63, 3.8) is 0 Å². The Hall–Kier alpha value is -4.10. The fourth-order valence-electron chi connectivity index (χ4n) is 4.61. The molecule has 0 spiro atoms. The van der Waals surface area contributed by atoms with Crippen molar-refractivity contribution in [1.82, 2.24) is 30.3 Å². The zero-order valence-corrected chi connectivity index (χ0v) is 23.9. The molecule has 0 unspecified atom stereocenters. The van der Waals surface area contributed by atoms with Crippen molar-refractivity contribution in [2.24, 2.45) is 5.92 Å². The molecule has 41 heavy (non-hydrogen) atoms. The molecule has 1 aliphatic heterocycles. The minimum absolute atomic E-state index is 0.0704. The second kappa shape index (κ2) is 12.2. The molecule has 1 saturated heterocycles. The second-order valence-corrected chi connectivity index (χ2v) is 11.2. The lowest BCUT2D eigenvalue weighted by molar-refractivity contribution is -0.117. The molecule has 0 bridgehead atoms. The highest BCUT2D eigenvalue weighted by Crippen LogP contribution is 2.40. The van der Waals surface area contributed by atoms with Gasteiger partial charge < -0.3 is 25.6 Å². The van der Waals surface area contributed by atoms with Gasteiger partial charge in [0.25, 0.3) is 11.8 Å². The molecule has 13 heteroatoms. The fraction of sp³-hybridized carbons (Fsp3) is 0.429. The summed E-state index contributed by atoms with van der Waals surface area (Å²) in [6.45, 7) is 4.47. The van der Waals surface area contributed by atoms with Gasteiger partial charge in [0, 0.05) is 55.3 Å². The number of aromatic nitrogens is 3. The van der Waals surface area contributed by atoms with Crippen molar-refractivity contribution in [3.8, 4) is 16.3 Å². The smallest absolute Gasteiger partial charge is 0.273 e. The fourth-order valence-corrected chi connectivity index (χ4v) is 5.52. The van der Waals surface area contributed by atoms with Gasteiger partial charge in [0.15, 0.2) is 17.3 Å². The van der Waals surface area contributed by atoms with Crippen molar-refractivity contribution < 1.29 is 23.2 Å². The summed E-state index contributed by atoms with van der Waals surface area (Å²) in [5, 5.41) is 16.1. The summed E-state index contributed by atoms with van der Waals surface area (Å²) < 4.78 is 28.0. The van der Waals surface area contributed by atoms with Crippen LogP contribution < -0.4 is 20.7 Å². The molecule has 1 aliphatic carbocycles. The number of para-hydroxylation sites is 1. The SMILES string of the molecule is [2H]C([2H])([2H])NC(=O)c1nnc(NC(=O)C2CC2)cc1Nc1cccc(-c2ncc(C(=O)N3CCN(C(C)C)CC3)s2)c1OC. The third kappa shape index (κ3) is 6.30. The molecule has 2 fully saturated rings. The molecule has 1 saturated carbocycles. The number of hydrogen-bond donors (Lipinski definition) is 3. The summed E-state index contributed by atoms with van der Waals surface area (Å²) in [7, 11) is 1.48. The zero-order valence-electron chi connectivity index (χ0n) is 26.1. The van der Waals surface area contributed by atoms with E-state index < -0.39 is 12.9 Å². The van der Waals surface area contributed by atoms with E-state index in [2.05, 4.69) is 44.6 Å². The highest BCUT2D eigenvalue weighted by atomic mass is 32.1. The Morgan fingerprint density at radius 2 is 1.90 bits per heavy atom. The Morgan fingerprint density at radius 1 is 1.12 bits per heavy atom. The summed E-state index contributed by atoms with van der Waals surface area (Å²) in [4.78, 5) is 47.6. The van der Waals surface area contributed by atoms with Crippen LogP contribution >= 0.6 is 11.3 Å². The number of methoxy groups -OCH3 is 1. The molecule has 3 heterocycles. The number of benzene rings is 1. The first-order valence-electron chi connectivity index (χ1n) is 14.9. The molecular weight excluding hydrogens is 544 g/mol. The lowest BCUT2D eigenvalue weighted by Crippen LogP contribution is -2.50. The van der Waals surface area contributed by atoms with Gasteiger partial charge in [-0.15, -0.1) is 21.5 Å². The number of nitrogens with zero attached hydrogens (tertiary/aromatic N) is 5. The van der Waals surface area contributed by atoms with Crippen molar-refractivity contribution in [3.05, 3.63) is 41.0 Å². The first-order valence-corrected chi connectivity index (χ1v) is 14.2. The predicted molar refractivity (Wildman–Crippen MR) is 157 cm³/mol. The Bertz CT molecular complexity index is 1550. The van der Waals surface area contributed by atoms with Gasteiger partial charge in [0.2, 0.25) is 5.91 Å². The number of hydrogen-bond acceptors (Lipinski definition) is 10. The van der Waals surface area contributed by atoms with Crippen LogP contribution in [0.2, 0.25) is 0 Å². The van der Waals surface area contributed by atoms with Crippen molar-refractivity contribution in [1.29, 1.82) is 0 Å². The van der Waals surface area contributed by atoms with Crippen LogP contribution in [-0.2, 0) is 4.79 Å². The first-order chi connectivity index (χ1) is 20.9. The average Bonchev–Trinajstić information content (AvgIpc) is 3.72. The Balaban J connectivity index is 1.41. The van der Waals surface area contributed by atoms with Gasteiger partial charge in [-0.1, -0.05) is 6.07 Å². The molecule has 2 aliphatic rings. The Labute approximate surface area is 246 Å². The molecular formula is C28H34N8O4S. The largest absolute Gasteiger partial charge is 0.494 e. The molecule has 3 aromatic rings. The number of carbonyl (C=O) groups excluding carboxylic acids is 3. The van der Waals surface area contributed by atoms with Crippen molar-refractivity contribution >= 4 is 46.3 Å². The summed E-state index contributed by atoms with van der Waals surface area (Å²) in [6.07, 6.45) is 3.13. The number of rotatable bonds is 9. The predicted octanol–water partition coefficient (Wildman–Crippen LogP) is 3.23. The van der Waals surface area contributed by atoms with Gasteiger partial charge in [-0.25, -0.2) is 4.98 Å². The molecule has 2 aromatic heterocycles. The van der Waals surface area contributed by atoms with Crippen LogP contribution in [0.4, 0.5) is 17.2 Å². The molecule has 216 valence electrons. The normalized spacial score (nSPS) is 16.9. The van der Waals surface area contributed by atoms with Crippen LogP contribution in [0, 0.1) is 5.92 Å². The molecule has 12 nitrogen and oxygen atoms in total. The Kier molecular flexibility index (Phi) is 7.33. The van der Waals surface area contributed by atoms with Gasteiger partial charge in [-0.3, -0.25) is 19.3 Å². The Morgan fingerprint density at radius 3 is 2.59 bits per heavy atom. The maximum Gasteiger partial charge on any atom is 0.273 e. The van der Waals surface area contributed by atoms with E-state index in [-0.39, 0.29) is 34.9 Å². The quantitative estimate of drug-likeness (QED) is 0.347. The van der Waals surface area contributed by atoms with E-state index in [9.17, 15) is 14.4 Å². The molecule has 3 amide bonds. The number of ether oxygens (including phenoxy) is 1. The topological polar surface area (TPSA) is 142 Å². The number of amides is 3.